The first-order chi connectivity index (χ1) is 15.3. The standard InChI is InChI=1S/C25H30N4O3/c1-16(2)9-11-28(3)14-17-8-10-26-21(12-17)18-4-5-20-19(13-18)15-29(25(20)32)22-6-7-23(30)27-24(22)31/h4-5,8,10,12-13,16,22H,6-7,9,11,14-15H2,1-3H3,(H,27,30,31). The number of hydrogen-bond donors (Lipinski definition) is 1. The van der Waals surface area contributed by atoms with Crippen molar-refractivity contribution in [2.45, 2.75) is 52.2 Å². The Morgan fingerprint density at radius 3 is 2.75 bits per heavy atom. The van der Waals surface area contributed by atoms with Crippen molar-refractivity contribution in [2.24, 2.45) is 5.92 Å². The van der Waals surface area contributed by atoms with Crippen molar-refractivity contribution >= 4 is 17.7 Å². The van der Waals surface area contributed by atoms with Gasteiger partial charge in [0.2, 0.25) is 11.8 Å². The summed E-state index contributed by atoms with van der Waals surface area (Å²) in [6.07, 6.45) is 3.61. The molecule has 0 spiro atoms. The number of benzene rings is 1. The molecule has 0 bridgehead atoms. The molecule has 2 aromatic rings. The number of nitrogens with one attached hydrogen (secondary N) is 1. The van der Waals surface area contributed by atoms with Gasteiger partial charge in [-0.2, -0.15) is 0 Å². The second-order valence-corrected chi connectivity index (χ2v) is 9.24. The molecule has 1 aromatic heterocycles. The molecule has 2 aliphatic heterocycles. The van der Waals surface area contributed by atoms with E-state index in [0.29, 0.717) is 24.4 Å². The largest absolute Gasteiger partial charge is 0.322 e. The highest BCUT2D eigenvalue weighted by Gasteiger charge is 2.39. The predicted molar refractivity (Wildman–Crippen MR) is 122 cm³/mol. The molecule has 1 N–H and O–H groups in total. The number of aromatic nitrogens is 1. The monoisotopic (exact) mass is 434 g/mol. The number of rotatable bonds is 7. The number of amides is 3. The SMILES string of the molecule is CC(C)CCN(C)Cc1ccnc(-c2ccc3c(c2)CN(C2CCC(=O)NC2=O)C3=O)c1. The molecule has 7 nitrogen and oxygen atoms in total. The lowest BCUT2D eigenvalue weighted by molar-refractivity contribution is -0.136. The Morgan fingerprint density at radius 1 is 1.19 bits per heavy atom. The van der Waals surface area contributed by atoms with E-state index in [1.165, 1.54) is 5.56 Å². The van der Waals surface area contributed by atoms with Gasteiger partial charge in [-0.1, -0.05) is 19.9 Å². The van der Waals surface area contributed by atoms with Gasteiger partial charge in [-0.15, -0.1) is 0 Å². The minimum Gasteiger partial charge on any atom is -0.322 e. The smallest absolute Gasteiger partial charge is 0.255 e. The van der Waals surface area contributed by atoms with Gasteiger partial charge < -0.3 is 9.80 Å². The average molecular weight is 435 g/mol. The maximum Gasteiger partial charge on any atom is 0.255 e. The molecule has 7 heteroatoms. The van der Waals surface area contributed by atoms with Crippen LogP contribution in [0.1, 0.15) is 54.6 Å². The highest BCUT2D eigenvalue weighted by atomic mass is 16.2. The second kappa shape index (κ2) is 9.20. The first-order valence-electron chi connectivity index (χ1n) is 11.2. The molecular weight excluding hydrogens is 404 g/mol. The zero-order valence-electron chi connectivity index (χ0n) is 18.9. The van der Waals surface area contributed by atoms with Gasteiger partial charge in [-0.3, -0.25) is 24.7 Å². The number of nitrogens with zero attached hydrogens (tertiary/aromatic N) is 3. The summed E-state index contributed by atoms with van der Waals surface area (Å²) in [5.74, 6) is -0.147. The van der Waals surface area contributed by atoms with Gasteiger partial charge in [0.25, 0.3) is 5.91 Å². The van der Waals surface area contributed by atoms with Crippen molar-refractivity contribution < 1.29 is 14.4 Å². The van der Waals surface area contributed by atoms with E-state index >= 15 is 0 Å². The summed E-state index contributed by atoms with van der Waals surface area (Å²) in [4.78, 5) is 45.0. The molecule has 3 heterocycles. The molecule has 1 atom stereocenters. The fourth-order valence-electron chi connectivity index (χ4n) is 4.33. The van der Waals surface area contributed by atoms with E-state index in [1.54, 1.807) is 4.90 Å². The Hall–Kier alpha value is -3.06. The third-order valence-electron chi connectivity index (χ3n) is 6.18. The van der Waals surface area contributed by atoms with Gasteiger partial charge in [0.15, 0.2) is 0 Å². The molecule has 2 aliphatic rings. The molecule has 32 heavy (non-hydrogen) atoms. The minimum absolute atomic E-state index is 0.158. The summed E-state index contributed by atoms with van der Waals surface area (Å²) in [6, 6.07) is 9.27. The Balaban J connectivity index is 1.50. The fourth-order valence-corrected chi connectivity index (χ4v) is 4.33. The lowest BCUT2D eigenvalue weighted by atomic mass is 10.0. The van der Waals surface area contributed by atoms with Crippen LogP contribution >= 0.6 is 0 Å². The number of fused-ring (bicyclic) bond motifs is 1. The zero-order chi connectivity index (χ0) is 22.8. The van der Waals surface area contributed by atoms with Crippen LogP contribution in [0, 0.1) is 5.92 Å². The molecule has 0 saturated carbocycles. The number of carbonyl (C=O) groups excluding carboxylic acids is 3. The highest BCUT2D eigenvalue weighted by Crippen LogP contribution is 2.31. The number of imide groups is 1. The zero-order valence-corrected chi connectivity index (χ0v) is 18.9. The maximum atomic E-state index is 12.9. The van der Waals surface area contributed by atoms with Crippen LogP contribution in [0.3, 0.4) is 0 Å². The maximum absolute atomic E-state index is 12.9. The van der Waals surface area contributed by atoms with Gasteiger partial charge >= 0.3 is 0 Å². The number of piperidine rings is 1. The molecule has 3 amide bonds. The summed E-state index contributed by atoms with van der Waals surface area (Å²) in [6.45, 7) is 6.74. The summed E-state index contributed by atoms with van der Waals surface area (Å²) >= 11 is 0. The lowest BCUT2D eigenvalue weighted by Gasteiger charge is -2.29. The molecule has 1 saturated heterocycles. The van der Waals surface area contributed by atoms with Crippen LogP contribution in [0.15, 0.2) is 36.5 Å². The quantitative estimate of drug-likeness (QED) is 0.678. The molecular formula is C25H30N4O3. The van der Waals surface area contributed by atoms with Crippen LogP contribution in [0.4, 0.5) is 0 Å². The topological polar surface area (TPSA) is 82.6 Å². The van der Waals surface area contributed by atoms with Crippen LogP contribution < -0.4 is 5.32 Å². The Bertz CT molecular complexity index is 1050. The summed E-state index contributed by atoms with van der Waals surface area (Å²) < 4.78 is 0. The van der Waals surface area contributed by atoms with Gasteiger partial charge in [-0.25, -0.2) is 0 Å². The van der Waals surface area contributed by atoms with Crippen molar-refractivity contribution in [1.82, 2.24) is 20.1 Å². The molecule has 1 aromatic carbocycles. The van der Waals surface area contributed by atoms with Crippen LogP contribution in [0.2, 0.25) is 0 Å². The number of carbonyl (C=O) groups is 3. The van der Waals surface area contributed by atoms with E-state index in [2.05, 4.69) is 42.2 Å². The predicted octanol–water partition coefficient (Wildman–Crippen LogP) is 2.99. The third kappa shape index (κ3) is 4.72. The highest BCUT2D eigenvalue weighted by molar-refractivity contribution is 6.05. The molecule has 1 unspecified atom stereocenters. The lowest BCUT2D eigenvalue weighted by Crippen LogP contribution is -2.52. The molecule has 0 aliphatic carbocycles. The molecule has 168 valence electrons. The number of hydrogen-bond acceptors (Lipinski definition) is 5. The summed E-state index contributed by atoms with van der Waals surface area (Å²) in [5, 5.41) is 2.34. The van der Waals surface area contributed by atoms with Crippen LogP contribution in [-0.4, -0.2) is 52.1 Å². The molecule has 0 radical (unpaired) electrons. The fraction of sp³-hybridized carbons (Fsp3) is 0.440. The van der Waals surface area contributed by atoms with Crippen molar-refractivity contribution in [2.75, 3.05) is 13.6 Å². The molecule has 4 rings (SSSR count). The number of pyridine rings is 1. The van der Waals surface area contributed by atoms with E-state index in [4.69, 9.17) is 0 Å². The van der Waals surface area contributed by atoms with Crippen LogP contribution in [0.5, 0.6) is 0 Å². The van der Waals surface area contributed by atoms with Gasteiger partial charge in [0.05, 0.1) is 5.69 Å². The van der Waals surface area contributed by atoms with E-state index in [1.807, 2.05) is 30.5 Å². The van der Waals surface area contributed by atoms with E-state index in [0.717, 1.165) is 36.3 Å². The van der Waals surface area contributed by atoms with E-state index in [-0.39, 0.29) is 18.2 Å². The molecule has 1 fully saturated rings. The van der Waals surface area contributed by atoms with E-state index in [9.17, 15) is 14.4 Å². The van der Waals surface area contributed by atoms with Crippen LogP contribution in [-0.2, 0) is 22.7 Å². The Kier molecular flexibility index (Phi) is 6.37. The Labute approximate surface area is 188 Å². The minimum atomic E-state index is -0.598. The van der Waals surface area contributed by atoms with Crippen molar-refractivity contribution in [3.63, 3.8) is 0 Å². The first-order valence-corrected chi connectivity index (χ1v) is 11.2. The van der Waals surface area contributed by atoms with Crippen molar-refractivity contribution in [1.29, 1.82) is 0 Å². The first kappa shape index (κ1) is 22.1. The van der Waals surface area contributed by atoms with E-state index < -0.39 is 11.9 Å². The van der Waals surface area contributed by atoms with Crippen molar-refractivity contribution in [3.05, 3.63) is 53.2 Å². The third-order valence-corrected chi connectivity index (χ3v) is 6.18. The van der Waals surface area contributed by atoms with Gasteiger partial charge in [0.1, 0.15) is 6.04 Å². The van der Waals surface area contributed by atoms with Gasteiger partial charge in [-0.05, 0) is 67.7 Å². The average Bonchev–Trinajstić information content (AvgIpc) is 3.08. The summed E-state index contributed by atoms with van der Waals surface area (Å²) in [7, 11) is 2.13. The second-order valence-electron chi connectivity index (χ2n) is 9.24. The van der Waals surface area contributed by atoms with Crippen molar-refractivity contribution in [3.8, 4) is 11.3 Å². The van der Waals surface area contributed by atoms with Crippen LogP contribution in [0.25, 0.3) is 11.3 Å². The Morgan fingerprint density at radius 2 is 2.00 bits per heavy atom. The summed E-state index contributed by atoms with van der Waals surface area (Å²) in [5.41, 5.74) is 4.52. The van der Waals surface area contributed by atoms with Gasteiger partial charge in [0, 0.05) is 36.8 Å². The normalized spacial score (nSPS) is 18.5.